The molecule has 0 unspecified atom stereocenters. The Morgan fingerprint density at radius 2 is 1.20 bits per heavy atom. The van der Waals surface area contributed by atoms with Crippen LogP contribution >= 0.6 is 0 Å². The first-order valence-corrected chi connectivity index (χ1v) is 11.7. The fourth-order valence-electron chi connectivity index (χ4n) is 5.87. The molecule has 8 aromatic rings. The molecule has 0 aliphatic rings. The summed E-state index contributed by atoms with van der Waals surface area (Å²) < 4.78 is 8.39. The fourth-order valence-corrected chi connectivity index (χ4v) is 5.87. The lowest BCUT2D eigenvalue weighted by Crippen LogP contribution is -2.29. The first kappa shape index (κ1) is 19.0. The number of rotatable bonds is 2. The molecule has 0 saturated heterocycles. The van der Waals surface area contributed by atoms with Gasteiger partial charge in [0, 0.05) is 27.2 Å². The highest BCUT2D eigenvalue weighted by molar-refractivity contribution is 6.59. The summed E-state index contributed by atoms with van der Waals surface area (Å²) in [7, 11) is -1.53. The van der Waals surface area contributed by atoms with E-state index < -0.39 is 7.12 Å². The second kappa shape index (κ2) is 6.63. The van der Waals surface area contributed by atoms with E-state index in [1.807, 2.05) is 12.1 Å². The van der Waals surface area contributed by atoms with E-state index in [9.17, 15) is 10.0 Å². The fraction of sp³-hybridized carbons (Fsp3) is 0. The predicted octanol–water partition coefficient (Wildman–Crippen LogP) is 6.11. The van der Waals surface area contributed by atoms with E-state index in [0.29, 0.717) is 11.0 Å². The monoisotopic (exact) mass is 451 g/mol. The molecular weight excluding hydrogens is 433 g/mol. The van der Waals surface area contributed by atoms with Crippen molar-refractivity contribution in [2.24, 2.45) is 0 Å². The van der Waals surface area contributed by atoms with Gasteiger partial charge in [0.2, 0.25) is 0 Å². The molecule has 0 bridgehead atoms. The van der Waals surface area contributed by atoms with Gasteiger partial charge in [0.15, 0.2) is 0 Å². The molecule has 0 spiro atoms. The minimum absolute atomic E-state index is 0.414. The van der Waals surface area contributed by atoms with E-state index in [1.54, 1.807) is 12.1 Å². The van der Waals surface area contributed by atoms with Crippen molar-refractivity contribution in [2.75, 3.05) is 0 Å². The third-order valence-electron chi connectivity index (χ3n) is 7.36. The van der Waals surface area contributed by atoms with Crippen molar-refractivity contribution in [3.05, 3.63) is 97.1 Å². The Morgan fingerprint density at radius 1 is 0.543 bits per heavy atom. The van der Waals surface area contributed by atoms with Gasteiger partial charge in [0.1, 0.15) is 11.2 Å². The number of nitrogens with zero attached hydrogens (tertiary/aromatic N) is 1. The molecule has 0 amide bonds. The highest BCUT2D eigenvalue weighted by Gasteiger charge is 2.20. The number of furan rings is 1. The molecular formula is C30H18BNO3. The normalized spacial score (nSPS) is 12.3. The van der Waals surface area contributed by atoms with E-state index in [0.717, 1.165) is 22.0 Å². The Balaban J connectivity index is 1.50. The van der Waals surface area contributed by atoms with Crippen molar-refractivity contribution >= 4 is 77.9 Å². The van der Waals surface area contributed by atoms with E-state index in [2.05, 4.69) is 77.4 Å². The SMILES string of the molecule is OB(O)c1ccc2c(c1)oc1ccc(-n3c4cccc5c6ccccc6c6cccc3c6c54)cc12. The lowest BCUT2D eigenvalue weighted by molar-refractivity contribution is 0.425. The van der Waals surface area contributed by atoms with Crippen molar-refractivity contribution in [1.29, 1.82) is 0 Å². The van der Waals surface area contributed by atoms with Gasteiger partial charge >= 0.3 is 7.12 Å². The molecule has 2 N–H and O–H groups in total. The summed E-state index contributed by atoms with van der Waals surface area (Å²) in [6.45, 7) is 0. The van der Waals surface area contributed by atoms with Gasteiger partial charge in [-0.1, -0.05) is 60.7 Å². The standard InChI is InChI=1S/C30H18BNO3/c33-31(34)17-11-13-21-24-16-18(12-14-27(24)35-28(21)15-17)32-25-9-3-7-22-19-5-1-2-6-20(19)23-8-4-10-26(32)30(23)29(22)25/h1-16,33-34H. The molecule has 8 rings (SSSR count). The summed E-state index contributed by atoms with van der Waals surface area (Å²) in [4.78, 5) is 0. The van der Waals surface area contributed by atoms with E-state index >= 15 is 0 Å². The van der Waals surface area contributed by atoms with E-state index in [4.69, 9.17) is 4.42 Å². The lowest BCUT2D eigenvalue weighted by atomic mass is 9.80. The molecule has 164 valence electrons. The second-order valence-corrected chi connectivity index (χ2v) is 9.19. The first-order chi connectivity index (χ1) is 17.2. The Hall–Kier alpha value is -4.32. The van der Waals surface area contributed by atoms with Crippen molar-refractivity contribution in [3.8, 4) is 5.69 Å². The zero-order valence-electron chi connectivity index (χ0n) is 18.6. The van der Waals surface area contributed by atoms with Crippen LogP contribution in [0.3, 0.4) is 0 Å². The predicted molar refractivity (Wildman–Crippen MR) is 144 cm³/mol. The summed E-state index contributed by atoms with van der Waals surface area (Å²) in [5.41, 5.74) is 5.24. The number of aromatic nitrogens is 1. The van der Waals surface area contributed by atoms with Gasteiger partial charge in [-0.15, -0.1) is 0 Å². The van der Waals surface area contributed by atoms with Crippen LogP contribution in [0.4, 0.5) is 0 Å². The van der Waals surface area contributed by atoms with Gasteiger partial charge in [-0.25, -0.2) is 0 Å². The van der Waals surface area contributed by atoms with Gasteiger partial charge < -0.3 is 19.0 Å². The maximum absolute atomic E-state index is 9.55. The van der Waals surface area contributed by atoms with Gasteiger partial charge in [0.05, 0.1) is 11.0 Å². The highest BCUT2D eigenvalue weighted by atomic mass is 16.4. The average molecular weight is 451 g/mol. The number of hydrogen-bond acceptors (Lipinski definition) is 3. The molecule has 2 aromatic heterocycles. The van der Waals surface area contributed by atoms with Crippen LogP contribution in [0.15, 0.2) is 101 Å². The summed E-state index contributed by atoms with van der Waals surface area (Å²) in [5.74, 6) is 0. The van der Waals surface area contributed by atoms with Crippen LogP contribution in [0, 0.1) is 0 Å². The van der Waals surface area contributed by atoms with E-state index in [1.165, 1.54) is 43.4 Å². The van der Waals surface area contributed by atoms with Crippen LogP contribution in [0.2, 0.25) is 0 Å². The average Bonchev–Trinajstić information content (AvgIpc) is 3.43. The van der Waals surface area contributed by atoms with Gasteiger partial charge in [-0.2, -0.15) is 0 Å². The minimum Gasteiger partial charge on any atom is -0.456 e. The van der Waals surface area contributed by atoms with Crippen molar-refractivity contribution in [3.63, 3.8) is 0 Å². The second-order valence-electron chi connectivity index (χ2n) is 9.19. The Bertz CT molecular complexity index is 2010. The minimum atomic E-state index is -1.53. The van der Waals surface area contributed by atoms with Crippen LogP contribution in [0.25, 0.3) is 71.0 Å². The summed E-state index contributed by atoms with van der Waals surface area (Å²) >= 11 is 0. The summed E-state index contributed by atoms with van der Waals surface area (Å²) in [5, 5.41) is 28.7. The zero-order valence-corrected chi connectivity index (χ0v) is 18.6. The maximum atomic E-state index is 9.55. The van der Waals surface area contributed by atoms with Crippen molar-refractivity contribution < 1.29 is 14.5 Å². The van der Waals surface area contributed by atoms with Gasteiger partial charge in [-0.05, 0) is 63.4 Å². The molecule has 0 radical (unpaired) electrons. The van der Waals surface area contributed by atoms with Crippen molar-refractivity contribution in [1.82, 2.24) is 4.57 Å². The molecule has 2 heterocycles. The van der Waals surface area contributed by atoms with Crippen LogP contribution in [-0.2, 0) is 0 Å². The molecule has 0 saturated carbocycles. The quantitative estimate of drug-likeness (QED) is 0.246. The third kappa shape index (κ3) is 2.43. The van der Waals surface area contributed by atoms with E-state index in [-0.39, 0.29) is 0 Å². The molecule has 5 heteroatoms. The highest BCUT2D eigenvalue weighted by Crippen LogP contribution is 2.43. The number of benzene rings is 6. The number of fused-ring (bicyclic) bond motifs is 6. The van der Waals surface area contributed by atoms with Crippen LogP contribution in [0.1, 0.15) is 0 Å². The Kier molecular flexibility index (Phi) is 3.61. The van der Waals surface area contributed by atoms with Crippen LogP contribution < -0.4 is 5.46 Å². The first-order valence-electron chi connectivity index (χ1n) is 11.7. The molecule has 6 aromatic carbocycles. The van der Waals surface area contributed by atoms with Crippen molar-refractivity contribution in [2.45, 2.75) is 0 Å². The smallest absolute Gasteiger partial charge is 0.456 e. The Labute approximate surface area is 199 Å². The maximum Gasteiger partial charge on any atom is 0.488 e. The largest absolute Gasteiger partial charge is 0.488 e. The molecule has 0 atom stereocenters. The summed E-state index contributed by atoms with van der Waals surface area (Å²) in [6, 6.07) is 33.3. The molecule has 35 heavy (non-hydrogen) atoms. The molecule has 0 aliphatic heterocycles. The van der Waals surface area contributed by atoms with Crippen LogP contribution in [0.5, 0.6) is 0 Å². The summed E-state index contributed by atoms with van der Waals surface area (Å²) in [6.07, 6.45) is 0. The van der Waals surface area contributed by atoms with Crippen LogP contribution in [-0.4, -0.2) is 21.7 Å². The number of hydrogen-bond donors (Lipinski definition) is 2. The van der Waals surface area contributed by atoms with Gasteiger partial charge in [-0.3, -0.25) is 0 Å². The molecule has 0 aliphatic carbocycles. The molecule has 0 fully saturated rings. The third-order valence-corrected chi connectivity index (χ3v) is 7.36. The Morgan fingerprint density at radius 3 is 1.86 bits per heavy atom. The lowest BCUT2D eigenvalue weighted by Gasteiger charge is -2.08. The van der Waals surface area contributed by atoms with Gasteiger partial charge in [0.25, 0.3) is 0 Å². The molecule has 4 nitrogen and oxygen atoms in total. The topological polar surface area (TPSA) is 58.5 Å². The zero-order chi connectivity index (χ0) is 23.3.